The van der Waals surface area contributed by atoms with E-state index < -0.39 is 56.4 Å². The molecule has 4 rings (SSSR count). The van der Waals surface area contributed by atoms with Gasteiger partial charge < -0.3 is 68.1 Å². The van der Waals surface area contributed by atoms with Crippen molar-refractivity contribution in [2.24, 2.45) is 16.6 Å². The molecule has 0 bridgehead atoms. The minimum absolute atomic E-state index is 0.0191. The quantitative estimate of drug-likeness (QED) is 0.0158. The van der Waals surface area contributed by atoms with Gasteiger partial charge in [-0.3, -0.25) is 23.8 Å². The van der Waals surface area contributed by atoms with Crippen LogP contribution in [0.1, 0.15) is 57.9 Å². The summed E-state index contributed by atoms with van der Waals surface area (Å²) in [5.74, 6) is -12.2. The Hall–Kier alpha value is -4.95. The highest BCUT2D eigenvalue weighted by atomic mass is 32.2. The molecule has 2 aliphatic rings. The summed E-state index contributed by atoms with van der Waals surface area (Å²) in [5, 5.41) is 4.45. The van der Waals surface area contributed by atoms with Crippen molar-refractivity contribution in [1.82, 2.24) is 10.4 Å². The Morgan fingerprint density at radius 3 is 1.57 bits per heavy atom. The van der Waals surface area contributed by atoms with Crippen molar-refractivity contribution < 1.29 is 102 Å². The first-order valence-electron chi connectivity index (χ1n) is 26.6. The van der Waals surface area contributed by atoms with Crippen LogP contribution in [-0.2, 0) is 76.7 Å². The highest BCUT2D eigenvalue weighted by Gasteiger charge is 2.34. The number of anilines is 1. The molecular weight excluding hydrogens is 1090 g/mol. The van der Waals surface area contributed by atoms with E-state index in [1.807, 2.05) is 32.1 Å². The maximum atomic E-state index is 14.0. The first-order chi connectivity index (χ1) is 38.6. The Balaban J connectivity index is 0.840. The maximum absolute atomic E-state index is 14.0. The van der Waals surface area contributed by atoms with Crippen LogP contribution in [0.2, 0.25) is 0 Å². The molecule has 0 atom stereocenters. The fraction of sp³-hybridized carbons (Fsp3) is 0.654. The summed E-state index contributed by atoms with van der Waals surface area (Å²) in [7, 11) is -5.65. The predicted molar refractivity (Wildman–Crippen MR) is 281 cm³/mol. The standard InChI is InChI=1S/C52H77F4N5O18S/c1-3-11-61(78-4-2)52(64)40-34-39-5-6-41(36-42(39)59-43(57)35-40)60-12-7-38(8-13-60)37-58-44(62)9-14-68-16-18-70-20-22-72-24-26-74-28-30-76-32-33-77-31-29-75-27-25-73-23-21-71-19-17-69-15-10-45(63)79-50-46(53)48(55)51(80(65,66)67)49(56)47(50)54/h5-6,34,36,38H,3-4,7-33,35,37H2,1-2H3,(H2,57,59)(H,58,62)(H,65,66,67). The van der Waals surface area contributed by atoms with Gasteiger partial charge >= 0.3 is 16.1 Å². The minimum atomic E-state index is -5.65. The molecule has 4 N–H and O–H groups in total. The molecule has 0 unspecified atom stereocenters. The van der Waals surface area contributed by atoms with E-state index in [2.05, 4.69) is 26.0 Å². The number of nitrogens with one attached hydrogen (secondary N) is 1. The highest BCUT2D eigenvalue weighted by Crippen LogP contribution is 2.34. The van der Waals surface area contributed by atoms with E-state index in [4.69, 9.17) is 62.5 Å². The largest absolute Gasteiger partial charge is 0.420 e. The van der Waals surface area contributed by atoms with Crippen LogP contribution in [-0.4, -0.2) is 207 Å². The van der Waals surface area contributed by atoms with Gasteiger partial charge in [0.25, 0.3) is 5.91 Å². The molecule has 2 aromatic rings. The number of ether oxygens (including phenoxy) is 11. The molecule has 80 heavy (non-hydrogen) atoms. The van der Waals surface area contributed by atoms with E-state index in [0.717, 1.165) is 49.3 Å². The van der Waals surface area contributed by atoms with Gasteiger partial charge in [-0.15, -0.1) is 0 Å². The second-order valence-corrected chi connectivity index (χ2v) is 19.1. The van der Waals surface area contributed by atoms with Gasteiger partial charge in [-0.1, -0.05) is 13.0 Å². The normalized spacial score (nSPS) is 13.9. The van der Waals surface area contributed by atoms with Gasteiger partial charge in [-0.2, -0.15) is 17.2 Å². The number of nitrogens with zero attached hydrogens (tertiary/aromatic N) is 3. The number of amidine groups is 1. The average Bonchev–Trinajstić information content (AvgIpc) is 3.72. The van der Waals surface area contributed by atoms with Crippen LogP contribution in [0.3, 0.4) is 0 Å². The second-order valence-electron chi connectivity index (χ2n) is 17.7. The topological polar surface area (TPSA) is 273 Å². The van der Waals surface area contributed by atoms with Gasteiger partial charge in [-0.05, 0) is 50.3 Å². The van der Waals surface area contributed by atoms with Crippen LogP contribution in [0, 0.1) is 29.2 Å². The zero-order valence-electron chi connectivity index (χ0n) is 45.5. The number of aliphatic imine (C=N–C) groups is 1. The van der Waals surface area contributed by atoms with Gasteiger partial charge in [0.2, 0.25) is 23.3 Å². The highest BCUT2D eigenvalue weighted by molar-refractivity contribution is 7.85. The van der Waals surface area contributed by atoms with Crippen molar-refractivity contribution in [3.05, 3.63) is 52.6 Å². The lowest BCUT2D eigenvalue weighted by molar-refractivity contribution is -0.180. The average molecular weight is 1170 g/mol. The van der Waals surface area contributed by atoms with E-state index in [-0.39, 0.29) is 57.7 Å². The summed E-state index contributed by atoms with van der Waals surface area (Å²) in [6.07, 6.45) is 4.45. The molecule has 452 valence electrons. The number of nitrogens with two attached hydrogens (primary N) is 1. The summed E-state index contributed by atoms with van der Waals surface area (Å²) in [6, 6.07) is 6.06. The summed E-state index contributed by atoms with van der Waals surface area (Å²) in [4.78, 5) is 47.8. The van der Waals surface area contributed by atoms with E-state index in [0.29, 0.717) is 136 Å². The van der Waals surface area contributed by atoms with Gasteiger partial charge in [0.1, 0.15) is 5.84 Å². The summed E-state index contributed by atoms with van der Waals surface area (Å²) in [6.45, 7) is 13.1. The van der Waals surface area contributed by atoms with Crippen LogP contribution < -0.4 is 20.7 Å². The maximum Gasteiger partial charge on any atom is 0.313 e. The Labute approximate surface area is 464 Å². The fourth-order valence-electron chi connectivity index (χ4n) is 7.67. The van der Waals surface area contributed by atoms with E-state index >= 15 is 0 Å². The van der Waals surface area contributed by atoms with Crippen LogP contribution in [0.25, 0.3) is 6.08 Å². The molecule has 1 saturated heterocycles. The number of piperidine rings is 1. The molecule has 2 heterocycles. The molecule has 2 aromatic carbocycles. The number of hydrogen-bond donors (Lipinski definition) is 3. The van der Waals surface area contributed by atoms with E-state index in [1.165, 1.54) is 5.06 Å². The number of fused-ring (bicyclic) bond motifs is 1. The lowest BCUT2D eigenvalue weighted by atomic mass is 9.96. The van der Waals surface area contributed by atoms with Crippen molar-refractivity contribution in [3.63, 3.8) is 0 Å². The first kappa shape index (κ1) is 67.6. The van der Waals surface area contributed by atoms with Crippen molar-refractivity contribution in [1.29, 1.82) is 0 Å². The van der Waals surface area contributed by atoms with Gasteiger partial charge in [-0.25, -0.2) is 18.8 Å². The van der Waals surface area contributed by atoms with E-state index in [1.54, 1.807) is 0 Å². The third-order valence-corrected chi connectivity index (χ3v) is 12.6. The molecule has 1 fully saturated rings. The predicted octanol–water partition coefficient (Wildman–Crippen LogP) is 4.34. The monoisotopic (exact) mass is 1170 g/mol. The summed E-state index contributed by atoms with van der Waals surface area (Å²) < 4.78 is 145. The third kappa shape index (κ3) is 25.5. The number of carbonyl (C=O) groups is 3. The Bertz CT molecular complexity index is 2330. The first-order valence-corrected chi connectivity index (χ1v) is 28.0. The molecule has 0 spiro atoms. The second kappa shape index (κ2) is 38.7. The number of carbonyl (C=O) groups excluding carboxylic acids is 3. The molecule has 23 nitrogen and oxygen atoms in total. The zero-order chi connectivity index (χ0) is 58.0. The molecule has 0 aliphatic carbocycles. The lowest BCUT2D eigenvalue weighted by Gasteiger charge is -2.34. The molecule has 2 aliphatic heterocycles. The van der Waals surface area contributed by atoms with Crippen LogP contribution in [0.4, 0.5) is 28.9 Å². The zero-order valence-corrected chi connectivity index (χ0v) is 46.4. The van der Waals surface area contributed by atoms with Gasteiger partial charge in [0.05, 0.1) is 151 Å². The fourth-order valence-corrected chi connectivity index (χ4v) is 8.30. The Morgan fingerprint density at radius 1 is 0.688 bits per heavy atom. The minimum Gasteiger partial charge on any atom is -0.420 e. The Morgan fingerprint density at radius 2 is 1.14 bits per heavy atom. The van der Waals surface area contributed by atoms with Crippen molar-refractivity contribution in [3.8, 4) is 5.75 Å². The van der Waals surface area contributed by atoms with Gasteiger partial charge in [0.15, 0.2) is 16.5 Å². The number of benzene rings is 2. The molecule has 2 amide bonds. The molecule has 0 aromatic heterocycles. The van der Waals surface area contributed by atoms with Crippen molar-refractivity contribution in [2.45, 2.75) is 57.3 Å². The smallest absolute Gasteiger partial charge is 0.313 e. The number of halogens is 4. The number of amides is 2. The van der Waals surface area contributed by atoms with Crippen LogP contribution >= 0.6 is 0 Å². The third-order valence-electron chi connectivity index (χ3n) is 11.7. The number of hydroxylamine groups is 2. The van der Waals surface area contributed by atoms with Crippen LogP contribution in [0.5, 0.6) is 5.75 Å². The van der Waals surface area contributed by atoms with Crippen molar-refractivity contribution >= 4 is 51.2 Å². The summed E-state index contributed by atoms with van der Waals surface area (Å²) >= 11 is 0. The lowest BCUT2D eigenvalue weighted by Crippen LogP contribution is -2.38. The molecule has 0 radical (unpaired) electrons. The molecule has 0 saturated carbocycles. The Kier molecular flexibility index (Phi) is 32.7. The number of esters is 1. The van der Waals surface area contributed by atoms with E-state index in [9.17, 15) is 40.4 Å². The number of hydrogen-bond acceptors (Lipinski definition) is 20. The van der Waals surface area contributed by atoms with Crippen LogP contribution in [0.15, 0.2) is 33.7 Å². The number of rotatable bonds is 43. The molecular formula is C52H77F4N5O18S. The van der Waals surface area contributed by atoms with Crippen molar-refractivity contribution in [2.75, 3.05) is 170 Å². The SMILES string of the molecule is CCCN(OCC)C(=O)C1=Cc2ccc(N3CCC(CNC(=O)CCOCCOCCOCCOCCOCCOCCOCCOCCOCCOCCC(=O)Oc4c(F)c(F)c(S(=O)(=O)O)c(F)c4F)CC3)cc2N=C(N)C1. The molecule has 28 heteroatoms. The summed E-state index contributed by atoms with van der Waals surface area (Å²) in [5.41, 5.74) is 9.42. The van der Waals surface area contributed by atoms with Gasteiger partial charge in [0, 0.05) is 55.8 Å².